The van der Waals surface area contributed by atoms with Gasteiger partial charge in [0.05, 0.1) is 0 Å². The number of aromatic nitrogens is 1. The molecule has 0 saturated heterocycles. The van der Waals surface area contributed by atoms with Crippen molar-refractivity contribution in [2.45, 2.75) is 25.8 Å². The van der Waals surface area contributed by atoms with Crippen molar-refractivity contribution in [3.8, 4) is 6.07 Å². The third-order valence-corrected chi connectivity index (χ3v) is 2.97. The maximum absolute atomic E-state index is 8.81. The molecule has 1 aromatic heterocycles. The Hall–Kier alpha value is -2.34. The van der Waals surface area contributed by atoms with Gasteiger partial charge in [-0.25, -0.2) is 4.98 Å². The summed E-state index contributed by atoms with van der Waals surface area (Å²) in [5.41, 5.74) is 1.79. The fourth-order valence-electron chi connectivity index (χ4n) is 1.93. The number of hydrogen-bond donors (Lipinski definition) is 1. The molecule has 1 aromatic carbocycles. The van der Waals surface area contributed by atoms with Crippen molar-refractivity contribution in [2.75, 3.05) is 5.32 Å². The molecule has 0 saturated carbocycles. The number of aryl methyl sites for hydroxylation is 1. The smallest absolute Gasteiger partial charge is 0.142 e. The van der Waals surface area contributed by atoms with Gasteiger partial charge in [-0.1, -0.05) is 36.4 Å². The summed E-state index contributed by atoms with van der Waals surface area (Å²) in [5.74, 6) is 0.764. The van der Waals surface area contributed by atoms with Gasteiger partial charge >= 0.3 is 0 Å². The zero-order valence-electron chi connectivity index (χ0n) is 11.0. The van der Waals surface area contributed by atoms with Crippen LogP contribution in [0, 0.1) is 11.3 Å². The van der Waals surface area contributed by atoms with Crippen LogP contribution in [0.2, 0.25) is 0 Å². The van der Waals surface area contributed by atoms with Gasteiger partial charge in [0.15, 0.2) is 0 Å². The predicted molar refractivity (Wildman–Crippen MR) is 76.8 cm³/mol. The molecule has 0 amide bonds. The van der Waals surface area contributed by atoms with E-state index < -0.39 is 0 Å². The van der Waals surface area contributed by atoms with E-state index in [1.54, 1.807) is 6.07 Å². The lowest BCUT2D eigenvalue weighted by Gasteiger charge is -2.14. The van der Waals surface area contributed by atoms with E-state index in [0.717, 1.165) is 18.7 Å². The molecule has 1 atom stereocenters. The first-order chi connectivity index (χ1) is 9.28. The van der Waals surface area contributed by atoms with Gasteiger partial charge in [0.25, 0.3) is 0 Å². The lowest BCUT2D eigenvalue weighted by molar-refractivity contribution is 0.703. The molecule has 0 aliphatic carbocycles. The van der Waals surface area contributed by atoms with Crippen molar-refractivity contribution < 1.29 is 0 Å². The number of nitrogens with zero attached hydrogens (tertiary/aromatic N) is 2. The minimum Gasteiger partial charge on any atom is -0.368 e. The number of nitriles is 1. The normalized spacial score (nSPS) is 11.6. The average Bonchev–Trinajstić information content (AvgIpc) is 2.46. The Kier molecular flexibility index (Phi) is 4.52. The van der Waals surface area contributed by atoms with Crippen molar-refractivity contribution >= 4 is 5.82 Å². The molecule has 2 aromatic rings. The summed E-state index contributed by atoms with van der Waals surface area (Å²) in [5, 5.41) is 12.1. The number of pyridine rings is 1. The Morgan fingerprint density at radius 2 is 1.95 bits per heavy atom. The molecule has 96 valence electrons. The molecular formula is C16H17N3. The summed E-state index contributed by atoms with van der Waals surface area (Å²) < 4.78 is 0. The molecule has 0 aliphatic heterocycles. The highest BCUT2D eigenvalue weighted by Gasteiger charge is 2.04. The van der Waals surface area contributed by atoms with Crippen molar-refractivity contribution in [3.05, 3.63) is 59.8 Å². The number of nitrogens with one attached hydrogen (secondary N) is 1. The monoisotopic (exact) mass is 251 g/mol. The van der Waals surface area contributed by atoms with E-state index in [-0.39, 0.29) is 0 Å². The Labute approximate surface area is 113 Å². The maximum Gasteiger partial charge on any atom is 0.142 e. The lowest BCUT2D eigenvalue weighted by atomic mass is 10.1. The first-order valence-electron chi connectivity index (χ1n) is 6.45. The van der Waals surface area contributed by atoms with E-state index in [4.69, 9.17) is 5.26 Å². The second-order valence-corrected chi connectivity index (χ2v) is 4.59. The largest absolute Gasteiger partial charge is 0.368 e. The summed E-state index contributed by atoms with van der Waals surface area (Å²) in [6, 6.07) is 18.2. The quantitative estimate of drug-likeness (QED) is 0.886. The van der Waals surface area contributed by atoms with E-state index in [9.17, 15) is 0 Å². The zero-order chi connectivity index (χ0) is 13.5. The SMILES string of the molecule is CC(CCc1ccccc1)Nc1cccc(C#N)n1. The molecule has 19 heavy (non-hydrogen) atoms. The van der Waals surface area contributed by atoms with Crippen LogP contribution in [0.1, 0.15) is 24.6 Å². The van der Waals surface area contributed by atoms with Crippen LogP contribution in [0.4, 0.5) is 5.82 Å². The van der Waals surface area contributed by atoms with Gasteiger partial charge in [0.1, 0.15) is 17.6 Å². The van der Waals surface area contributed by atoms with Crippen LogP contribution in [0.3, 0.4) is 0 Å². The van der Waals surface area contributed by atoms with Crippen LogP contribution in [0.25, 0.3) is 0 Å². The molecule has 0 bridgehead atoms. The Bertz CT molecular complexity index is 558. The summed E-state index contributed by atoms with van der Waals surface area (Å²) in [6.45, 7) is 2.13. The van der Waals surface area contributed by atoms with Crippen molar-refractivity contribution in [2.24, 2.45) is 0 Å². The van der Waals surface area contributed by atoms with Crippen molar-refractivity contribution in [3.63, 3.8) is 0 Å². The van der Waals surface area contributed by atoms with Gasteiger partial charge in [0, 0.05) is 6.04 Å². The van der Waals surface area contributed by atoms with Crippen LogP contribution >= 0.6 is 0 Å². The van der Waals surface area contributed by atoms with Gasteiger partial charge in [-0.2, -0.15) is 5.26 Å². The molecule has 1 N–H and O–H groups in total. The first-order valence-corrected chi connectivity index (χ1v) is 6.45. The number of rotatable bonds is 5. The Morgan fingerprint density at radius 1 is 1.16 bits per heavy atom. The van der Waals surface area contributed by atoms with Crippen LogP contribution < -0.4 is 5.32 Å². The molecule has 0 spiro atoms. The molecule has 0 aliphatic rings. The maximum atomic E-state index is 8.81. The zero-order valence-corrected chi connectivity index (χ0v) is 11.0. The highest BCUT2D eigenvalue weighted by Crippen LogP contribution is 2.10. The summed E-state index contributed by atoms with van der Waals surface area (Å²) in [7, 11) is 0. The Balaban J connectivity index is 1.87. The third-order valence-electron chi connectivity index (χ3n) is 2.97. The van der Waals surface area contributed by atoms with Crippen LogP contribution in [-0.4, -0.2) is 11.0 Å². The molecule has 3 nitrogen and oxygen atoms in total. The standard InChI is InChI=1S/C16H17N3/c1-13(10-11-14-6-3-2-4-7-14)18-16-9-5-8-15(12-17)19-16/h2-9,13H,10-11H2,1H3,(H,18,19). The second-order valence-electron chi connectivity index (χ2n) is 4.59. The average molecular weight is 251 g/mol. The molecule has 2 rings (SSSR count). The van der Waals surface area contributed by atoms with E-state index in [1.165, 1.54) is 5.56 Å². The molecule has 0 radical (unpaired) electrons. The highest BCUT2D eigenvalue weighted by atomic mass is 15.0. The number of hydrogen-bond acceptors (Lipinski definition) is 3. The fourth-order valence-corrected chi connectivity index (χ4v) is 1.93. The minimum absolute atomic E-state index is 0.321. The van der Waals surface area contributed by atoms with E-state index in [2.05, 4.69) is 41.5 Å². The van der Waals surface area contributed by atoms with Crippen molar-refractivity contribution in [1.82, 2.24) is 4.98 Å². The van der Waals surface area contributed by atoms with Crippen LogP contribution in [0.15, 0.2) is 48.5 Å². The van der Waals surface area contributed by atoms with Gasteiger partial charge in [0.2, 0.25) is 0 Å². The lowest BCUT2D eigenvalue weighted by Crippen LogP contribution is -2.17. The van der Waals surface area contributed by atoms with Gasteiger partial charge in [-0.15, -0.1) is 0 Å². The number of benzene rings is 1. The number of anilines is 1. The van der Waals surface area contributed by atoms with E-state index in [0.29, 0.717) is 11.7 Å². The Morgan fingerprint density at radius 3 is 2.68 bits per heavy atom. The van der Waals surface area contributed by atoms with Crippen LogP contribution in [-0.2, 0) is 6.42 Å². The fraction of sp³-hybridized carbons (Fsp3) is 0.250. The highest BCUT2D eigenvalue weighted by molar-refractivity contribution is 5.39. The summed E-state index contributed by atoms with van der Waals surface area (Å²) in [6.07, 6.45) is 2.06. The molecular weight excluding hydrogens is 234 g/mol. The van der Waals surface area contributed by atoms with Crippen molar-refractivity contribution in [1.29, 1.82) is 5.26 Å². The van der Waals surface area contributed by atoms with E-state index >= 15 is 0 Å². The van der Waals surface area contributed by atoms with Gasteiger partial charge in [-0.3, -0.25) is 0 Å². The minimum atomic E-state index is 0.321. The first kappa shape index (κ1) is 13.1. The molecule has 0 fully saturated rings. The van der Waals surface area contributed by atoms with E-state index in [1.807, 2.05) is 24.3 Å². The summed E-state index contributed by atoms with van der Waals surface area (Å²) >= 11 is 0. The molecule has 1 heterocycles. The van der Waals surface area contributed by atoms with Gasteiger partial charge in [-0.05, 0) is 37.5 Å². The second kappa shape index (κ2) is 6.55. The van der Waals surface area contributed by atoms with Crippen LogP contribution in [0.5, 0.6) is 0 Å². The summed E-state index contributed by atoms with van der Waals surface area (Å²) in [4.78, 5) is 4.21. The topological polar surface area (TPSA) is 48.7 Å². The molecule has 1 unspecified atom stereocenters. The van der Waals surface area contributed by atoms with Gasteiger partial charge < -0.3 is 5.32 Å². The predicted octanol–water partition coefficient (Wildman–Crippen LogP) is 3.39. The third kappa shape index (κ3) is 4.11. The molecule has 3 heteroatoms.